The Morgan fingerprint density at radius 2 is 0.966 bits per heavy atom. The predicted molar refractivity (Wildman–Crippen MR) is 110 cm³/mol. The third-order valence-electron chi connectivity index (χ3n) is 4.51. The quantitative estimate of drug-likeness (QED) is 0.605. The summed E-state index contributed by atoms with van der Waals surface area (Å²) in [5, 5.41) is 5.62. The highest BCUT2D eigenvalue weighted by atomic mass is 16.2. The average molecular weight is 394 g/mol. The van der Waals surface area contributed by atoms with Gasteiger partial charge in [-0.3, -0.25) is 19.2 Å². The van der Waals surface area contributed by atoms with Crippen molar-refractivity contribution in [3.8, 4) is 0 Å². The molecule has 2 rings (SSSR count). The Bertz CT molecular complexity index is 797. The van der Waals surface area contributed by atoms with E-state index in [1.807, 2.05) is 24.3 Å². The molecule has 0 aliphatic heterocycles. The summed E-state index contributed by atoms with van der Waals surface area (Å²) >= 11 is 0. The number of Topliss-reactive ketones (excluding diaryl/α,β-unsaturated/α-hetero) is 2. The number of nitrogens with one attached hydrogen (secondary N) is 2. The Morgan fingerprint density at radius 3 is 1.28 bits per heavy atom. The third kappa shape index (κ3) is 7.70. The molecule has 0 radical (unpaired) electrons. The fraction of sp³-hybridized carbons (Fsp3) is 0.304. The van der Waals surface area contributed by atoms with E-state index in [2.05, 4.69) is 10.6 Å². The van der Waals surface area contributed by atoms with Gasteiger partial charge in [0.2, 0.25) is 11.8 Å². The van der Waals surface area contributed by atoms with Crippen molar-refractivity contribution in [2.75, 3.05) is 0 Å². The number of hydrogen-bond donors (Lipinski definition) is 2. The second-order valence-electron chi connectivity index (χ2n) is 6.91. The van der Waals surface area contributed by atoms with Gasteiger partial charge in [-0.05, 0) is 31.4 Å². The van der Waals surface area contributed by atoms with Gasteiger partial charge in [0.25, 0.3) is 0 Å². The Labute approximate surface area is 170 Å². The zero-order chi connectivity index (χ0) is 21.2. The second kappa shape index (κ2) is 10.9. The molecule has 0 saturated heterocycles. The lowest BCUT2D eigenvalue weighted by Crippen LogP contribution is -2.25. The first-order valence-electron chi connectivity index (χ1n) is 9.58. The molecule has 2 amide bonds. The highest BCUT2D eigenvalue weighted by molar-refractivity contribution is 5.94. The van der Waals surface area contributed by atoms with Gasteiger partial charge in [0.1, 0.15) is 0 Å². The van der Waals surface area contributed by atoms with E-state index in [0.717, 1.165) is 11.1 Å². The van der Waals surface area contributed by atoms with Crippen molar-refractivity contribution < 1.29 is 19.2 Å². The van der Waals surface area contributed by atoms with Crippen molar-refractivity contribution in [2.24, 2.45) is 0 Å². The zero-order valence-electron chi connectivity index (χ0n) is 16.8. The molecule has 0 aliphatic rings. The van der Waals surface area contributed by atoms with Gasteiger partial charge < -0.3 is 10.6 Å². The molecule has 2 N–H and O–H groups in total. The first-order valence-corrected chi connectivity index (χ1v) is 9.58. The lowest BCUT2D eigenvalue weighted by Gasteiger charge is -2.07. The number of carbonyl (C=O) groups is 4. The molecule has 0 bridgehead atoms. The molecule has 2 aromatic rings. The van der Waals surface area contributed by atoms with Crippen LogP contribution in [-0.4, -0.2) is 23.4 Å². The van der Waals surface area contributed by atoms with Gasteiger partial charge in [-0.15, -0.1) is 0 Å². The second-order valence-corrected chi connectivity index (χ2v) is 6.91. The lowest BCUT2D eigenvalue weighted by atomic mass is 10.1. The van der Waals surface area contributed by atoms with Crippen LogP contribution in [-0.2, 0) is 22.7 Å². The topological polar surface area (TPSA) is 92.3 Å². The van der Waals surface area contributed by atoms with Crippen LogP contribution in [0.15, 0.2) is 48.5 Å². The van der Waals surface area contributed by atoms with Gasteiger partial charge in [-0.25, -0.2) is 0 Å². The highest BCUT2D eigenvalue weighted by Gasteiger charge is 2.06. The molecule has 0 unspecified atom stereocenters. The molecule has 0 spiro atoms. The van der Waals surface area contributed by atoms with Crippen molar-refractivity contribution in [1.29, 1.82) is 0 Å². The van der Waals surface area contributed by atoms with Crippen molar-refractivity contribution in [1.82, 2.24) is 10.6 Å². The monoisotopic (exact) mass is 394 g/mol. The Balaban J connectivity index is 1.63. The lowest BCUT2D eigenvalue weighted by molar-refractivity contribution is -0.122. The van der Waals surface area contributed by atoms with Gasteiger partial charge in [-0.2, -0.15) is 0 Å². The number of benzene rings is 2. The van der Waals surface area contributed by atoms with Crippen molar-refractivity contribution >= 4 is 23.4 Å². The summed E-state index contributed by atoms with van der Waals surface area (Å²) in [7, 11) is 0. The Kier molecular flexibility index (Phi) is 8.27. The standard InChI is InChI=1S/C23H26N2O4/c1-16(26)20-10-6-18(7-11-20)14-24-22(28)4-3-5-23(29)25-15-19-8-12-21(13-9-19)17(2)27/h6-13H,3-5,14-15H2,1-2H3,(H,24,28)(H,25,29). The van der Waals surface area contributed by atoms with E-state index in [0.29, 0.717) is 30.6 Å². The van der Waals surface area contributed by atoms with E-state index in [1.165, 1.54) is 13.8 Å². The number of ketones is 2. The fourth-order valence-corrected chi connectivity index (χ4v) is 2.70. The summed E-state index contributed by atoms with van der Waals surface area (Å²) in [5.41, 5.74) is 3.11. The number of rotatable bonds is 10. The summed E-state index contributed by atoms with van der Waals surface area (Å²) in [6.07, 6.45) is 1.00. The maximum atomic E-state index is 11.9. The molecule has 29 heavy (non-hydrogen) atoms. The summed E-state index contributed by atoms with van der Waals surface area (Å²) in [4.78, 5) is 46.3. The molecule has 0 aliphatic carbocycles. The molecular formula is C23H26N2O4. The molecule has 0 atom stereocenters. The summed E-state index contributed by atoms with van der Waals surface area (Å²) in [6.45, 7) is 3.80. The zero-order valence-corrected chi connectivity index (χ0v) is 16.8. The molecular weight excluding hydrogens is 368 g/mol. The van der Waals surface area contributed by atoms with Gasteiger partial charge in [0.15, 0.2) is 11.6 Å². The van der Waals surface area contributed by atoms with Crippen LogP contribution in [0.3, 0.4) is 0 Å². The van der Waals surface area contributed by atoms with Crippen LogP contribution in [0.5, 0.6) is 0 Å². The Hall–Kier alpha value is -3.28. The smallest absolute Gasteiger partial charge is 0.220 e. The molecule has 6 nitrogen and oxygen atoms in total. The molecule has 6 heteroatoms. The summed E-state index contributed by atoms with van der Waals surface area (Å²) in [6, 6.07) is 14.2. The van der Waals surface area contributed by atoms with Crippen LogP contribution >= 0.6 is 0 Å². The molecule has 0 aromatic heterocycles. The largest absolute Gasteiger partial charge is 0.352 e. The predicted octanol–water partition coefficient (Wildman–Crippen LogP) is 3.19. The average Bonchev–Trinajstić information content (AvgIpc) is 2.71. The normalized spacial score (nSPS) is 10.3. The van der Waals surface area contributed by atoms with Gasteiger partial charge >= 0.3 is 0 Å². The van der Waals surface area contributed by atoms with E-state index in [9.17, 15) is 19.2 Å². The SMILES string of the molecule is CC(=O)c1ccc(CNC(=O)CCCC(=O)NCc2ccc(C(C)=O)cc2)cc1. The van der Waals surface area contributed by atoms with Crippen LogP contribution in [0.4, 0.5) is 0 Å². The van der Waals surface area contributed by atoms with Gasteiger partial charge in [0.05, 0.1) is 0 Å². The minimum atomic E-state index is -0.117. The van der Waals surface area contributed by atoms with Crippen LogP contribution in [0.2, 0.25) is 0 Å². The molecule has 2 aromatic carbocycles. The first kappa shape index (κ1) is 22.0. The summed E-state index contributed by atoms with van der Waals surface area (Å²) in [5.74, 6) is -0.222. The number of amides is 2. The van der Waals surface area contributed by atoms with Gasteiger partial charge in [0, 0.05) is 37.1 Å². The van der Waals surface area contributed by atoms with Crippen molar-refractivity contribution in [3.05, 3.63) is 70.8 Å². The number of hydrogen-bond acceptors (Lipinski definition) is 4. The van der Waals surface area contributed by atoms with Crippen LogP contribution < -0.4 is 10.6 Å². The summed E-state index contributed by atoms with van der Waals surface area (Å²) < 4.78 is 0. The van der Waals surface area contributed by atoms with E-state index in [-0.39, 0.29) is 36.2 Å². The highest BCUT2D eigenvalue weighted by Crippen LogP contribution is 2.07. The first-order chi connectivity index (χ1) is 13.8. The third-order valence-corrected chi connectivity index (χ3v) is 4.51. The van der Waals surface area contributed by atoms with E-state index < -0.39 is 0 Å². The molecule has 0 fully saturated rings. The molecule has 0 saturated carbocycles. The number of carbonyl (C=O) groups excluding carboxylic acids is 4. The fourth-order valence-electron chi connectivity index (χ4n) is 2.70. The van der Waals surface area contributed by atoms with Crippen LogP contribution in [0, 0.1) is 0 Å². The molecule has 152 valence electrons. The minimum Gasteiger partial charge on any atom is -0.352 e. The van der Waals surface area contributed by atoms with Crippen molar-refractivity contribution in [3.63, 3.8) is 0 Å². The Morgan fingerprint density at radius 1 is 0.621 bits per heavy atom. The van der Waals surface area contributed by atoms with E-state index in [1.54, 1.807) is 24.3 Å². The van der Waals surface area contributed by atoms with Gasteiger partial charge in [-0.1, -0.05) is 48.5 Å². The maximum absolute atomic E-state index is 11.9. The van der Waals surface area contributed by atoms with Crippen LogP contribution in [0.25, 0.3) is 0 Å². The molecule has 0 heterocycles. The van der Waals surface area contributed by atoms with E-state index >= 15 is 0 Å². The van der Waals surface area contributed by atoms with Crippen LogP contribution in [0.1, 0.15) is 65.0 Å². The minimum absolute atomic E-state index is 0.00642. The maximum Gasteiger partial charge on any atom is 0.220 e. The van der Waals surface area contributed by atoms with Crippen molar-refractivity contribution in [2.45, 2.75) is 46.2 Å². The van der Waals surface area contributed by atoms with E-state index in [4.69, 9.17) is 0 Å².